The number of carbonyl (C=O) groups is 1. The molecule has 0 spiro atoms. The summed E-state index contributed by atoms with van der Waals surface area (Å²) in [5.41, 5.74) is 1.93. The minimum atomic E-state index is -0.926. The molecule has 0 bridgehead atoms. The van der Waals surface area contributed by atoms with Crippen LogP contribution in [-0.4, -0.2) is 38.0 Å². The van der Waals surface area contributed by atoms with Crippen molar-refractivity contribution >= 4 is 16.9 Å². The Labute approximate surface area is 144 Å². The number of rotatable bonds is 5. The van der Waals surface area contributed by atoms with Crippen molar-refractivity contribution in [3.63, 3.8) is 0 Å². The highest BCUT2D eigenvalue weighted by molar-refractivity contribution is 6.08. The summed E-state index contributed by atoms with van der Waals surface area (Å²) < 4.78 is 32.2. The Morgan fingerprint density at radius 2 is 1.96 bits per heavy atom. The molecule has 0 aliphatic heterocycles. The smallest absolute Gasteiger partial charge is 0.255 e. The van der Waals surface area contributed by atoms with Gasteiger partial charge in [-0.05, 0) is 37.9 Å². The van der Waals surface area contributed by atoms with Crippen LogP contribution in [-0.2, 0) is 0 Å². The number of likely N-dealkylation sites (N-methyl/N-ethyl adjacent to an activating group) is 1. The van der Waals surface area contributed by atoms with E-state index in [9.17, 15) is 13.6 Å². The molecule has 1 amide bonds. The lowest BCUT2D eigenvalue weighted by molar-refractivity contribution is 0.0951. The predicted octanol–water partition coefficient (Wildman–Crippen LogP) is 3.67. The standard InChI is InChI=1S/C19H18F2N2O2/c1-23(2)9-8-22-19(24)14-5-3-4-13-15(11-25-18(13)14)12-6-7-16(20)17(21)10-12/h3-7,10-11H,8-9H2,1-2H3,(H,22,24). The quantitative estimate of drug-likeness (QED) is 0.768. The number of para-hydroxylation sites is 1. The van der Waals surface area contributed by atoms with Crippen LogP contribution in [0.3, 0.4) is 0 Å². The minimum Gasteiger partial charge on any atom is -0.463 e. The molecule has 3 aromatic rings. The average molecular weight is 344 g/mol. The van der Waals surface area contributed by atoms with Gasteiger partial charge in [-0.2, -0.15) is 0 Å². The van der Waals surface area contributed by atoms with Crippen molar-refractivity contribution < 1.29 is 18.0 Å². The van der Waals surface area contributed by atoms with E-state index in [-0.39, 0.29) is 5.91 Å². The maximum atomic E-state index is 13.5. The van der Waals surface area contributed by atoms with Gasteiger partial charge < -0.3 is 14.6 Å². The highest BCUT2D eigenvalue weighted by Gasteiger charge is 2.16. The third-order valence-corrected chi connectivity index (χ3v) is 3.92. The van der Waals surface area contributed by atoms with E-state index in [0.717, 1.165) is 18.7 Å². The van der Waals surface area contributed by atoms with Gasteiger partial charge in [0.2, 0.25) is 0 Å². The zero-order valence-electron chi connectivity index (χ0n) is 14.0. The van der Waals surface area contributed by atoms with Gasteiger partial charge in [-0.3, -0.25) is 4.79 Å². The number of carbonyl (C=O) groups excluding carboxylic acids is 1. The highest BCUT2D eigenvalue weighted by atomic mass is 19.2. The van der Waals surface area contributed by atoms with Crippen molar-refractivity contribution in [2.45, 2.75) is 0 Å². The van der Waals surface area contributed by atoms with E-state index in [0.29, 0.717) is 34.2 Å². The van der Waals surface area contributed by atoms with Gasteiger partial charge in [0, 0.05) is 24.0 Å². The van der Waals surface area contributed by atoms with Crippen LogP contribution in [0.2, 0.25) is 0 Å². The number of nitrogens with one attached hydrogen (secondary N) is 1. The average Bonchev–Trinajstić information content (AvgIpc) is 3.01. The summed E-state index contributed by atoms with van der Waals surface area (Å²) in [4.78, 5) is 14.4. The normalized spacial score (nSPS) is 11.2. The minimum absolute atomic E-state index is 0.237. The molecule has 0 saturated heterocycles. The van der Waals surface area contributed by atoms with Crippen molar-refractivity contribution in [2.75, 3.05) is 27.2 Å². The maximum Gasteiger partial charge on any atom is 0.255 e. The number of hydrogen-bond donors (Lipinski definition) is 1. The van der Waals surface area contributed by atoms with Gasteiger partial charge in [-0.1, -0.05) is 18.2 Å². The lowest BCUT2D eigenvalue weighted by Crippen LogP contribution is -2.31. The number of furan rings is 1. The molecule has 2 aromatic carbocycles. The monoisotopic (exact) mass is 344 g/mol. The van der Waals surface area contributed by atoms with Crippen LogP contribution < -0.4 is 5.32 Å². The van der Waals surface area contributed by atoms with E-state index >= 15 is 0 Å². The lowest BCUT2D eigenvalue weighted by Gasteiger charge is -2.10. The zero-order valence-corrected chi connectivity index (χ0v) is 14.0. The molecule has 130 valence electrons. The summed E-state index contributed by atoms with van der Waals surface area (Å²) in [7, 11) is 3.85. The molecule has 0 atom stereocenters. The van der Waals surface area contributed by atoms with Crippen molar-refractivity contribution in [1.82, 2.24) is 10.2 Å². The van der Waals surface area contributed by atoms with Crippen molar-refractivity contribution in [3.8, 4) is 11.1 Å². The van der Waals surface area contributed by atoms with Gasteiger partial charge in [0.1, 0.15) is 5.58 Å². The molecule has 0 saturated carbocycles. The van der Waals surface area contributed by atoms with Crippen LogP contribution in [0.15, 0.2) is 47.1 Å². The topological polar surface area (TPSA) is 45.5 Å². The van der Waals surface area contributed by atoms with Crippen LogP contribution in [0.1, 0.15) is 10.4 Å². The Kier molecular flexibility index (Phi) is 4.81. The Balaban J connectivity index is 1.94. The van der Waals surface area contributed by atoms with Gasteiger partial charge in [0.25, 0.3) is 5.91 Å². The Hall–Kier alpha value is -2.73. The van der Waals surface area contributed by atoms with Crippen molar-refractivity contribution in [3.05, 3.63) is 59.9 Å². The fourth-order valence-electron chi connectivity index (χ4n) is 2.61. The second-order valence-electron chi connectivity index (χ2n) is 6.02. The number of amides is 1. The largest absolute Gasteiger partial charge is 0.463 e. The number of nitrogens with zero attached hydrogens (tertiary/aromatic N) is 1. The van der Waals surface area contributed by atoms with E-state index in [1.807, 2.05) is 19.0 Å². The summed E-state index contributed by atoms with van der Waals surface area (Å²) in [6.45, 7) is 1.24. The van der Waals surface area contributed by atoms with E-state index < -0.39 is 11.6 Å². The molecule has 0 aliphatic rings. The fourth-order valence-corrected chi connectivity index (χ4v) is 2.61. The maximum absolute atomic E-state index is 13.5. The summed E-state index contributed by atoms with van der Waals surface area (Å²) in [6.07, 6.45) is 1.45. The van der Waals surface area contributed by atoms with E-state index in [4.69, 9.17) is 4.42 Å². The van der Waals surface area contributed by atoms with Gasteiger partial charge in [0.15, 0.2) is 11.6 Å². The van der Waals surface area contributed by atoms with Crippen LogP contribution in [0.5, 0.6) is 0 Å². The molecule has 0 radical (unpaired) electrons. The first kappa shape index (κ1) is 17.1. The third kappa shape index (κ3) is 3.53. The molecular weight excluding hydrogens is 326 g/mol. The third-order valence-electron chi connectivity index (χ3n) is 3.92. The first-order chi connectivity index (χ1) is 12.0. The number of benzene rings is 2. The SMILES string of the molecule is CN(C)CCNC(=O)c1cccc2c(-c3ccc(F)c(F)c3)coc12. The number of fused-ring (bicyclic) bond motifs is 1. The second-order valence-corrected chi connectivity index (χ2v) is 6.02. The molecule has 1 aromatic heterocycles. The summed E-state index contributed by atoms with van der Waals surface area (Å²) in [5.74, 6) is -2.07. The van der Waals surface area contributed by atoms with Crippen LogP contribution in [0.4, 0.5) is 8.78 Å². The van der Waals surface area contributed by atoms with Gasteiger partial charge >= 0.3 is 0 Å². The second kappa shape index (κ2) is 7.03. The molecule has 0 aliphatic carbocycles. The number of hydrogen-bond acceptors (Lipinski definition) is 3. The van der Waals surface area contributed by atoms with E-state index in [2.05, 4.69) is 5.32 Å². The van der Waals surface area contributed by atoms with Crippen LogP contribution in [0.25, 0.3) is 22.1 Å². The van der Waals surface area contributed by atoms with E-state index in [1.165, 1.54) is 12.3 Å². The zero-order chi connectivity index (χ0) is 18.0. The molecule has 3 rings (SSSR count). The Bertz CT molecular complexity index is 919. The van der Waals surface area contributed by atoms with Crippen LogP contribution >= 0.6 is 0 Å². The summed E-state index contributed by atoms with van der Waals surface area (Å²) >= 11 is 0. The lowest BCUT2D eigenvalue weighted by atomic mass is 10.0. The molecule has 6 heteroatoms. The molecule has 1 N–H and O–H groups in total. The molecule has 0 unspecified atom stereocenters. The molecule has 25 heavy (non-hydrogen) atoms. The summed E-state index contributed by atoms with van der Waals surface area (Å²) in [6, 6.07) is 8.86. The summed E-state index contributed by atoms with van der Waals surface area (Å²) in [5, 5.41) is 3.51. The first-order valence-electron chi connectivity index (χ1n) is 7.86. The van der Waals surface area contributed by atoms with Crippen molar-refractivity contribution in [1.29, 1.82) is 0 Å². The van der Waals surface area contributed by atoms with Gasteiger partial charge in [0.05, 0.1) is 11.8 Å². The molecular formula is C19H18F2N2O2. The van der Waals surface area contributed by atoms with Crippen molar-refractivity contribution in [2.24, 2.45) is 0 Å². The molecule has 1 heterocycles. The number of halogens is 2. The first-order valence-corrected chi connectivity index (χ1v) is 7.86. The Morgan fingerprint density at radius 3 is 2.68 bits per heavy atom. The fraction of sp³-hybridized carbons (Fsp3) is 0.211. The van der Waals surface area contributed by atoms with E-state index in [1.54, 1.807) is 18.2 Å². The molecule has 0 fully saturated rings. The van der Waals surface area contributed by atoms with Gasteiger partial charge in [-0.15, -0.1) is 0 Å². The Morgan fingerprint density at radius 1 is 1.16 bits per heavy atom. The van der Waals surface area contributed by atoms with Gasteiger partial charge in [-0.25, -0.2) is 8.78 Å². The molecule has 4 nitrogen and oxygen atoms in total. The highest BCUT2D eigenvalue weighted by Crippen LogP contribution is 2.33. The van der Waals surface area contributed by atoms with Crippen LogP contribution in [0, 0.1) is 11.6 Å². The predicted molar refractivity (Wildman–Crippen MR) is 92.5 cm³/mol.